The maximum Gasteiger partial charge on any atom is 0.224 e. The van der Waals surface area contributed by atoms with Crippen molar-refractivity contribution in [2.45, 2.75) is 39.2 Å². The molecule has 4 heteroatoms. The van der Waals surface area contributed by atoms with E-state index < -0.39 is 0 Å². The van der Waals surface area contributed by atoms with Crippen LogP contribution in [-0.4, -0.2) is 36.5 Å². The van der Waals surface area contributed by atoms with E-state index >= 15 is 0 Å². The highest BCUT2D eigenvalue weighted by molar-refractivity contribution is 5.77. The quantitative estimate of drug-likeness (QED) is 0.868. The van der Waals surface area contributed by atoms with Crippen molar-refractivity contribution < 1.29 is 9.53 Å². The smallest absolute Gasteiger partial charge is 0.224 e. The van der Waals surface area contributed by atoms with Gasteiger partial charge in [-0.15, -0.1) is 0 Å². The van der Waals surface area contributed by atoms with Crippen molar-refractivity contribution in [1.29, 1.82) is 0 Å². The maximum absolute atomic E-state index is 12.0. The Labute approximate surface area is 121 Å². The van der Waals surface area contributed by atoms with E-state index in [1.165, 1.54) is 0 Å². The van der Waals surface area contributed by atoms with Crippen molar-refractivity contribution in [1.82, 2.24) is 4.90 Å². The van der Waals surface area contributed by atoms with Crippen LogP contribution in [0.2, 0.25) is 0 Å². The van der Waals surface area contributed by atoms with Crippen LogP contribution in [-0.2, 0) is 4.79 Å². The minimum Gasteiger partial charge on any atom is -0.489 e. The largest absolute Gasteiger partial charge is 0.489 e. The lowest BCUT2D eigenvalue weighted by Crippen LogP contribution is -2.29. The van der Waals surface area contributed by atoms with Crippen LogP contribution < -0.4 is 10.1 Å². The predicted molar refractivity (Wildman–Crippen MR) is 81.1 cm³/mol. The number of benzene rings is 1. The van der Waals surface area contributed by atoms with E-state index in [1.54, 1.807) is 0 Å². The molecule has 1 N–H and O–H groups in total. The average Bonchev–Trinajstić information content (AvgIpc) is 2.94. The lowest BCUT2D eigenvalue weighted by Gasteiger charge is -2.17. The number of anilines is 1. The van der Waals surface area contributed by atoms with E-state index in [2.05, 4.69) is 5.32 Å². The Balaban J connectivity index is 1.82. The number of hydrogen-bond acceptors (Lipinski definition) is 3. The molecule has 1 amide bonds. The van der Waals surface area contributed by atoms with Crippen molar-refractivity contribution in [3.8, 4) is 5.75 Å². The first-order valence-electron chi connectivity index (χ1n) is 7.44. The first-order valence-corrected chi connectivity index (χ1v) is 7.44. The van der Waals surface area contributed by atoms with Gasteiger partial charge in [0.1, 0.15) is 5.75 Å². The van der Waals surface area contributed by atoms with Crippen LogP contribution in [0.25, 0.3) is 0 Å². The summed E-state index contributed by atoms with van der Waals surface area (Å²) in [6, 6.07) is 7.86. The fourth-order valence-corrected chi connectivity index (χ4v) is 2.40. The minimum atomic E-state index is 0.143. The zero-order valence-electron chi connectivity index (χ0n) is 12.4. The van der Waals surface area contributed by atoms with E-state index in [1.807, 2.05) is 43.0 Å². The maximum atomic E-state index is 12.0. The summed E-state index contributed by atoms with van der Waals surface area (Å²) in [6.07, 6.45) is 2.97. The van der Waals surface area contributed by atoms with Crippen LogP contribution in [0.4, 0.5) is 5.69 Å². The van der Waals surface area contributed by atoms with Gasteiger partial charge in [0.25, 0.3) is 0 Å². The number of ether oxygens (including phenoxy) is 1. The summed E-state index contributed by atoms with van der Waals surface area (Å²) in [7, 11) is 0. The van der Waals surface area contributed by atoms with E-state index in [-0.39, 0.29) is 12.0 Å². The Morgan fingerprint density at radius 1 is 1.30 bits per heavy atom. The van der Waals surface area contributed by atoms with Crippen LogP contribution >= 0.6 is 0 Å². The summed E-state index contributed by atoms with van der Waals surface area (Å²) < 4.78 is 5.74. The normalized spacial score (nSPS) is 14.7. The van der Waals surface area contributed by atoms with Gasteiger partial charge in [-0.3, -0.25) is 4.79 Å². The van der Waals surface area contributed by atoms with E-state index in [9.17, 15) is 4.79 Å². The van der Waals surface area contributed by atoms with Crippen molar-refractivity contribution in [2.24, 2.45) is 0 Å². The molecule has 1 aromatic carbocycles. The molecule has 0 aromatic heterocycles. The summed E-state index contributed by atoms with van der Waals surface area (Å²) in [4.78, 5) is 13.9. The third kappa shape index (κ3) is 4.15. The molecule has 0 aliphatic carbocycles. The van der Waals surface area contributed by atoms with Gasteiger partial charge >= 0.3 is 0 Å². The van der Waals surface area contributed by atoms with Gasteiger partial charge in [-0.25, -0.2) is 0 Å². The highest BCUT2D eigenvalue weighted by Crippen LogP contribution is 2.24. The van der Waals surface area contributed by atoms with E-state index in [4.69, 9.17) is 4.74 Å². The number of carbonyl (C=O) groups excluding carboxylic acids is 1. The topological polar surface area (TPSA) is 41.6 Å². The van der Waals surface area contributed by atoms with Gasteiger partial charge in [0.05, 0.1) is 11.8 Å². The van der Waals surface area contributed by atoms with E-state index in [0.29, 0.717) is 13.0 Å². The second kappa shape index (κ2) is 7.17. The molecule has 1 aromatic rings. The summed E-state index contributed by atoms with van der Waals surface area (Å²) in [6.45, 7) is 6.51. The molecule has 2 rings (SSSR count). The van der Waals surface area contributed by atoms with Gasteiger partial charge in [0, 0.05) is 26.1 Å². The number of hydrogen-bond donors (Lipinski definition) is 1. The molecule has 1 saturated heterocycles. The Hall–Kier alpha value is -1.71. The number of para-hydroxylation sites is 2. The van der Waals surface area contributed by atoms with Crippen molar-refractivity contribution in [3.63, 3.8) is 0 Å². The molecule has 0 unspecified atom stereocenters. The first-order chi connectivity index (χ1) is 9.66. The Kier molecular flexibility index (Phi) is 5.27. The fraction of sp³-hybridized carbons (Fsp3) is 0.562. The molecular weight excluding hydrogens is 252 g/mol. The zero-order valence-corrected chi connectivity index (χ0v) is 12.4. The molecule has 0 bridgehead atoms. The van der Waals surface area contributed by atoms with Crippen LogP contribution in [0.1, 0.15) is 33.1 Å². The molecule has 110 valence electrons. The molecular formula is C16H24N2O2. The molecule has 4 nitrogen and oxygen atoms in total. The first kappa shape index (κ1) is 14.7. The molecule has 1 aliphatic heterocycles. The van der Waals surface area contributed by atoms with Crippen molar-refractivity contribution in [3.05, 3.63) is 24.3 Å². The zero-order chi connectivity index (χ0) is 14.4. The second-order valence-electron chi connectivity index (χ2n) is 5.43. The fourth-order valence-electron chi connectivity index (χ4n) is 2.40. The van der Waals surface area contributed by atoms with Gasteiger partial charge in [-0.2, -0.15) is 0 Å². The SMILES string of the molecule is CC(C)Oc1ccccc1NCCC(=O)N1CCCC1. The molecule has 0 spiro atoms. The lowest BCUT2D eigenvalue weighted by molar-refractivity contribution is -0.129. The van der Waals surface area contributed by atoms with Gasteiger partial charge in [0.15, 0.2) is 0 Å². The predicted octanol–water partition coefficient (Wildman–Crippen LogP) is 2.90. The Morgan fingerprint density at radius 2 is 2.00 bits per heavy atom. The molecule has 1 aliphatic rings. The number of likely N-dealkylation sites (tertiary alicyclic amines) is 1. The van der Waals surface area contributed by atoms with Gasteiger partial charge in [-0.1, -0.05) is 12.1 Å². The summed E-state index contributed by atoms with van der Waals surface area (Å²) in [5, 5.41) is 3.30. The monoisotopic (exact) mass is 276 g/mol. The Bertz CT molecular complexity index is 440. The lowest BCUT2D eigenvalue weighted by atomic mass is 10.2. The van der Waals surface area contributed by atoms with Crippen molar-refractivity contribution in [2.75, 3.05) is 25.0 Å². The average molecular weight is 276 g/mol. The molecule has 0 saturated carbocycles. The highest BCUT2D eigenvalue weighted by Gasteiger charge is 2.17. The minimum absolute atomic E-state index is 0.143. The van der Waals surface area contributed by atoms with Gasteiger partial charge in [0.2, 0.25) is 5.91 Å². The number of nitrogens with one attached hydrogen (secondary N) is 1. The third-order valence-corrected chi connectivity index (χ3v) is 3.36. The summed E-state index contributed by atoms with van der Waals surface area (Å²) in [5.74, 6) is 1.09. The standard InChI is InChI=1S/C16H24N2O2/c1-13(2)20-15-8-4-3-7-14(15)17-10-9-16(19)18-11-5-6-12-18/h3-4,7-8,13,17H,5-6,9-12H2,1-2H3. The van der Waals surface area contributed by atoms with E-state index in [0.717, 1.165) is 37.4 Å². The number of nitrogens with zero attached hydrogens (tertiary/aromatic N) is 1. The molecule has 20 heavy (non-hydrogen) atoms. The Morgan fingerprint density at radius 3 is 2.70 bits per heavy atom. The van der Waals surface area contributed by atoms with Crippen molar-refractivity contribution >= 4 is 11.6 Å². The number of carbonyl (C=O) groups is 1. The molecule has 0 atom stereocenters. The molecule has 0 radical (unpaired) electrons. The summed E-state index contributed by atoms with van der Waals surface area (Å²) >= 11 is 0. The van der Waals surface area contributed by atoms with Gasteiger partial charge in [-0.05, 0) is 38.8 Å². The van der Waals surface area contributed by atoms with Crippen LogP contribution in [0, 0.1) is 0 Å². The summed E-state index contributed by atoms with van der Waals surface area (Å²) in [5.41, 5.74) is 0.954. The third-order valence-electron chi connectivity index (χ3n) is 3.36. The molecule has 1 fully saturated rings. The second-order valence-corrected chi connectivity index (χ2v) is 5.43. The number of rotatable bonds is 6. The molecule has 1 heterocycles. The van der Waals surface area contributed by atoms with Crippen LogP contribution in [0.3, 0.4) is 0 Å². The highest BCUT2D eigenvalue weighted by atomic mass is 16.5. The van der Waals surface area contributed by atoms with Crippen LogP contribution in [0.5, 0.6) is 5.75 Å². The number of amides is 1. The van der Waals surface area contributed by atoms with Gasteiger partial charge < -0.3 is 15.0 Å². The van der Waals surface area contributed by atoms with Crippen LogP contribution in [0.15, 0.2) is 24.3 Å².